The molecule has 0 aromatic carbocycles. The van der Waals surface area contributed by atoms with E-state index in [1.165, 1.54) is 32.1 Å². The largest absolute Gasteiger partial charge is 0.467 e. The lowest BCUT2D eigenvalue weighted by molar-refractivity contribution is -0.119. The molecule has 1 aliphatic heterocycles. The Morgan fingerprint density at radius 2 is 2.17 bits per heavy atom. The van der Waals surface area contributed by atoms with Gasteiger partial charge in [-0.05, 0) is 43.7 Å². The highest BCUT2D eigenvalue weighted by Gasteiger charge is 2.41. The van der Waals surface area contributed by atoms with E-state index in [0.717, 1.165) is 31.4 Å². The summed E-state index contributed by atoms with van der Waals surface area (Å²) >= 11 is 0. The van der Waals surface area contributed by atoms with Crippen molar-refractivity contribution >= 4 is 11.9 Å². The number of nitrogens with zero attached hydrogens (tertiary/aromatic N) is 2. The lowest BCUT2D eigenvalue weighted by Crippen LogP contribution is -2.41. The van der Waals surface area contributed by atoms with Crippen LogP contribution in [-0.4, -0.2) is 42.9 Å². The van der Waals surface area contributed by atoms with E-state index in [9.17, 15) is 4.79 Å². The quantitative estimate of drug-likeness (QED) is 0.640. The number of nitrogens with one attached hydrogen (secondary N) is 2. The number of aliphatic imine (C=N–C) groups is 1. The normalized spacial score (nSPS) is 19.9. The van der Waals surface area contributed by atoms with Crippen LogP contribution in [0, 0.1) is 5.41 Å². The first-order valence-corrected chi connectivity index (χ1v) is 9.03. The van der Waals surface area contributed by atoms with Gasteiger partial charge in [0.15, 0.2) is 5.96 Å². The van der Waals surface area contributed by atoms with E-state index in [0.29, 0.717) is 12.0 Å². The lowest BCUT2D eigenvalue weighted by atomic mass is 9.86. The summed E-state index contributed by atoms with van der Waals surface area (Å²) in [5, 5.41) is 6.17. The highest BCUT2D eigenvalue weighted by molar-refractivity contribution is 5.85. The molecule has 2 fully saturated rings. The molecule has 3 rings (SSSR count). The first kappa shape index (κ1) is 16.9. The van der Waals surface area contributed by atoms with E-state index in [2.05, 4.69) is 27.4 Å². The number of amides is 1. The third kappa shape index (κ3) is 4.10. The zero-order valence-corrected chi connectivity index (χ0v) is 14.5. The number of carbonyl (C=O) groups is 1. The molecule has 6 nitrogen and oxygen atoms in total. The number of guanidine groups is 1. The topological polar surface area (TPSA) is 69.9 Å². The summed E-state index contributed by atoms with van der Waals surface area (Å²) in [6.45, 7) is 5.55. The van der Waals surface area contributed by atoms with Crippen LogP contribution >= 0.6 is 0 Å². The van der Waals surface area contributed by atoms with Gasteiger partial charge in [-0.15, -0.1) is 0 Å². The molecular weight excluding hydrogens is 304 g/mol. The second kappa shape index (κ2) is 7.73. The van der Waals surface area contributed by atoms with Gasteiger partial charge in [-0.2, -0.15) is 0 Å². The van der Waals surface area contributed by atoms with Gasteiger partial charge in [-0.25, -0.2) is 4.99 Å². The summed E-state index contributed by atoms with van der Waals surface area (Å²) in [6.07, 6.45) is 8.25. The molecule has 2 heterocycles. The number of likely N-dealkylation sites (tertiary alicyclic amines) is 1. The minimum absolute atomic E-state index is 0.0865. The third-order valence-electron chi connectivity index (χ3n) is 5.15. The molecule has 0 atom stereocenters. The van der Waals surface area contributed by atoms with E-state index < -0.39 is 0 Å². The van der Waals surface area contributed by atoms with E-state index >= 15 is 0 Å². The van der Waals surface area contributed by atoms with Crippen LogP contribution in [0.2, 0.25) is 0 Å². The molecule has 6 heteroatoms. The molecule has 1 aliphatic carbocycles. The summed E-state index contributed by atoms with van der Waals surface area (Å²) in [6, 6.07) is 3.66. The highest BCUT2D eigenvalue weighted by atomic mass is 16.3. The van der Waals surface area contributed by atoms with Crippen molar-refractivity contribution in [3.8, 4) is 0 Å². The Balaban J connectivity index is 1.52. The van der Waals surface area contributed by atoms with Crippen LogP contribution in [-0.2, 0) is 11.3 Å². The van der Waals surface area contributed by atoms with Gasteiger partial charge in [0.25, 0.3) is 0 Å². The summed E-state index contributed by atoms with van der Waals surface area (Å²) in [7, 11) is 0. The SMILES string of the molecule is CCNC(=NCC(=O)NCc1ccco1)N1CCC2(CCCC2)C1. The number of furan rings is 1. The molecule has 2 N–H and O–H groups in total. The molecule has 2 aliphatic rings. The van der Waals surface area contributed by atoms with Crippen LogP contribution in [0.25, 0.3) is 0 Å². The van der Waals surface area contributed by atoms with Crippen LogP contribution < -0.4 is 10.6 Å². The summed E-state index contributed by atoms with van der Waals surface area (Å²) in [5.74, 6) is 1.54. The fraction of sp³-hybridized carbons (Fsp3) is 0.667. The lowest BCUT2D eigenvalue weighted by Gasteiger charge is -2.25. The zero-order valence-electron chi connectivity index (χ0n) is 14.5. The van der Waals surface area contributed by atoms with Gasteiger partial charge in [0.2, 0.25) is 5.91 Å². The van der Waals surface area contributed by atoms with Crippen molar-refractivity contribution in [1.82, 2.24) is 15.5 Å². The predicted octanol–water partition coefficient (Wildman–Crippen LogP) is 2.13. The van der Waals surface area contributed by atoms with Gasteiger partial charge < -0.3 is 20.0 Å². The van der Waals surface area contributed by atoms with E-state index in [1.54, 1.807) is 6.26 Å². The Morgan fingerprint density at radius 3 is 2.88 bits per heavy atom. The first-order valence-electron chi connectivity index (χ1n) is 9.03. The summed E-state index contributed by atoms with van der Waals surface area (Å²) < 4.78 is 5.21. The molecule has 1 amide bonds. The summed E-state index contributed by atoms with van der Waals surface area (Å²) in [4.78, 5) is 18.9. The van der Waals surface area contributed by atoms with Crippen molar-refractivity contribution in [2.24, 2.45) is 10.4 Å². The summed E-state index contributed by atoms with van der Waals surface area (Å²) in [5.41, 5.74) is 0.498. The minimum Gasteiger partial charge on any atom is -0.467 e. The molecule has 1 saturated heterocycles. The number of hydrogen-bond acceptors (Lipinski definition) is 3. The minimum atomic E-state index is -0.0865. The number of rotatable bonds is 5. The van der Waals surface area contributed by atoms with Crippen molar-refractivity contribution < 1.29 is 9.21 Å². The maximum absolute atomic E-state index is 12.0. The van der Waals surface area contributed by atoms with Gasteiger partial charge in [0, 0.05) is 19.6 Å². The van der Waals surface area contributed by atoms with Crippen molar-refractivity contribution in [1.29, 1.82) is 0 Å². The van der Waals surface area contributed by atoms with Gasteiger partial charge in [-0.1, -0.05) is 12.8 Å². The Labute approximate surface area is 143 Å². The van der Waals surface area contributed by atoms with Crippen molar-refractivity contribution in [3.05, 3.63) is 24.2 Å². The zero-order chi connectivity index (χ0) is 16.8. The average molecular weight is 332 g/mol. The second-order valence-electron chi connectivity index (χ2n) is 6.90. The molecule has 1 saturated carbocycles. The van der Waals surface area contributed by atoms with Gasteiger partial charge >= 0.3 is 0 Å². The molecule has 0 radical (unpaired) electrons. The van der Waals surface area contributed by atoms with Gasteiger partial charge in [-0.3, -0.25) is 4.79 Å². The van der Waals surface area contributed by atoms with Crippen LogP contribution in [0.15, 0.2) is 27.8 Å². The van der Waals surface area contributed by atoms with Crippen molar-refractivity contribution in [2.75, 3.05) is 26.2 Å². The maximum Gasteiger partial charge on any atom is 0.242 e. The maximum atomic E-state index is 12.0. The molecule has 1 aromatic heterocycles. The predicted molar refractivity (Wildman–Crippen MR) is 93.6 cm³/mol. The Morgan fingerprint density at radius 1 is 1.33 bits per heavy atom. The van der Waals surface area contributed by atoms with E-state index in [4.69, 9.17) is 4.42 Å². The van der Waals surface area contributed by atoms with Crippen molar-refractivity contribution in [3.63, 3.8) is 0 Å². The van der Waals surface area contributed by atoms with E-state index in [-0.39, 0.29) is 12.5 Å². The third-order valence-corrected chi connectivity index (χ3v) is 5.15. The van der Waals surface area contributed by atoms with Crippen LogP contribution in [0.1, 0.15) is 44.8 Å². The van der Waals surface area contributed by atoms with Crippen LogP contribution in [0.5, 0.6) is 0 Å². The molecular formula is C18H28N4O2. The fourth-order valence-corrected chi connectivity index (χ4v) is 3.88. The van der Waals surface area contributed by atoms with Crippen LogP contribution in [0.4, 0.5) is 0 Å². The molecule has 24 heavy (non-hydrogen) atoms. The molecule has 132 valence electrons. The molecule has 0 unspecified atom stereocenters. The second-order valence-corrected chi connectivity index (χ2v) is 6.90. The standard InChI is InChI=1S/C18H28N4O2/c1-2-19-17(22-10-9-18(14-22)7-3-4-8-18)21-13-16(23)20-12-15-6-5-11-24-15/h5-6,11H,2-4,7-10,12-14H2,1H3,(H,19,21)(H,20,23). The Hall–Kier alpha value is -1.98. The monoisotopic (exact) mass is 332 g/mol. The Bertz CT molecular complexity index is 562. The molecule has 1 spiro atoms. The first-order chi connectivity index (χ1) is 11.7. The Kier molecular flexibility index (Phi) is 5.43. The molecule has 0 bridgehead atoms. The van der Waals surface area contributed by atoms with Crippen molar-refractivity contribution in [2.45, 2.75) is 45.6 Å². The smallest absolute Gasteiger partial charge is 0.242 e. The highest BCUT2D eigenvalue weighted by Crippen LogP contribution is 2.45. The number of hydrogen-bond donors (Lipinski definition) is 2. The average Bonchev–Trinajstić information content (AvgIpc) is 3.33. The van der Waals surface area contributed by atoms with E-state index in [1.807, 2.05) is 12.1 Å². The van der Waals surface area contributed by atoms with Gasteiger partial charge in [0.05, 0.1) is 12.8 Å². The molecule has 1 aromatic rings. The number of carbonyl (C=O) groups excluding carboxylic acids is 1. The van der Waals surface area contributed by atoms with Gasteiger partial charge in [0.1, 0.15) is 12.3 Å². The fourth-order valence-electron chi connectivity index (χ4n) is 3.88. The van der Waals surface area contributed by atoms with Crippen LogP contribution in [0.3, 0.4) is 0 Å².